The van der Waals surface area contributed by atoms with Crippen LogP contribution in [0.4, 0.5) is 5.69 Å². The molecule has 28 heavy (non-hydrogen) atoms. The molecule has 2 fully saturated rings. The molecule has 1 saturated heterocycles. The van der Waals surface area contributed by atoms with Gasteiger partial charge in [0.05, 0.1) is 25.4 Å². The average Bonchev–Trinajstić information content (AvgIpc) is 2.91. The number of anilines is 1. The standard InChI is InChI=1S/C17H24N4O4S.C2H6/c1-20-8-14(12-4-15(24-2)16(25-3)5-13(12)20)21-9-17(10-21)6-11(7-17)19-26(18,22)23;1-2/h4-5,8,11,19H,6-7,9-10H2,1-3H3,(H2,18,22,23);1-2H3. The van der Waals surface area contributed by atoms with Gasteiger partial charge in [-0.15, -0.1) is 0 Å². The minimum atomic E-state index is -3.62. The molecule has 1 aromatic heterocycles. The summed E-state index contributed by atoms with van der Waals surface area (Å²) in [4.78, 5) is 2.33. The first-order valence-electron chi connectivity index (χ1n) is 9.50. The van der Waals surface area contributed by atoms with E-state index in [0.717, 1.165) is 42.5 Å². The number of benzene rings is 1. The summed E-state index contributed by atoms with van der Waals surface area (Å²) in [5.74, 6) is 1.42. The van der Waals surface area contributed by atoms with E-state index in [0.29, 0.717) is 11.5 Å². The molecular formula is C19H30N4O4S. The topological polar surface area (TPSA) is 98.8 Å². The Morgan fingerprint density at radius 2 is 1.71 bits per heavy atom. The van der Waals surface area contributed by atoms with Crippen molar-refractivity contribution in [1.29, 1.82) is 0 Å². The fraction of sp³-hybridized carbons (Fsp3) is 0.579. The maximum atomic E-state index is 11.1. The third kappa shape index (κ3) is 3.66. The molecule has 1 spiro atoms. The van der Waals surface area contributed by atoms with Crippen molar-refractivity contribution >= 4 is 26.8 Å². The van der Waals surface area contributed by atoms with Crippen LogP contribution in [0.15, 0.2) is 18.3 Å². The predicted octanol–water partition coefficient (Wildman–Crippen LogP) is 1.98. The Kier molecular flexibility index (Phi) is 5.53. The van der Waals surface area contributed by atoms with E-state index < -0.39 is 10.2 Å². The highest BCUT2D eigenvalue weighted by Gasteiger charge is 2.53. The Labute approximate surface area is 166 Å². The maximum Gasteiger partial charge on any atom is 0.274 e. The quantitative estimate of drug-likeness (QED) is 0.785. The van der Waals surface area contributed by atoms with Gasteiger partial charge in [0.2, 0.25) is 0 Å². The summed E-state index contributed by atoms with van der Waals surface area (Å²) in [5, 5.41) is 6.18. The van der Waals surface area contributed by atoms with Crippen LogP contribution in [-0.2, 0) is 17.3 Å². The summed E-state index contributed by atoms with van der Waals surface area (Å²) in [6.07, 6.45) is 3.79. The van der Waals surface area contributed by atoms with Gasteiger partial charge in [-0.05, 0) is 18.9 Å². The van der Waals surface area contributed by atoms with E-state index in [2.05, 4.69) is 20.4 Å². The summed E-state index contributed by atoms with van der Waals surface area (Å²) >= 11 is 0. The van der Waals surface area contributed by atoms with Crippen molar-refractivity contribution in [1.82, 2.24) is 9.29 Å². The van der Waals surface area contributed by atoms with E-state index in [1.165, 1.54) is 0 Å². The molecule has 2 aliphatic rings. The van der Waals surface area contributed by atoms with Gasteiger partial charge in [0.1, 0.15) is 0 Å². The molecule has 0 unspecified atom stereocenters. The van der Waals surface area contributed by atoms with Gasteiger partial charge in [-0.2, -0.15) is 13.1 Å². The lowest BCUT2D eigenvalue weighted by molar-refractivity contribution is 0.0592. The number of fused-ring (bicyclic) bond motifs is 1. The zero-order valence-electron chi connectivity index (χ0n) is 17.2. The normalized spacial score (nSPS) is 18.3. The molecule has 4 rings (SSSR count). The fourth-order valence-electron chi connectivity index (χ4n) is 4.43. The van der Waals surface area contributed by atoms with Crippen molar-refractivity contribution < 1.29 is 17.9 Å². The van der Waals surface area contributed by atoms with Crippen molar-refractivity contribution in [2.24, 2.45) is 17.6 Å². The van der Waals surface area contributed by atoms with Crippen molar-refractivity contribution in [3.05, 3.63) is 18.3 Å². The third-order valence-electron chi connectivity index (χ3n) is 5.56. The van der Waals surface area contributed by atoms with E-state index in [9.17, 15) is 8.42 Å². The summed E-state index contributed by atoms with van der Waals surface area (Å²) in [6.45, 7) is 5.84. The van der Waals surface area contributed by atoms with Gasteiger partial charge in [0.25, 0.3) is 10.2 Å². The minimum Gasteiger partial charge on any atom is -0.493 e. The van der Waals surface area contributed by atoms with E-state index in [4.69, 9.17) is 14.6 Å². The second-order valence-corrected chi connectivity index (χ2v) is 8.80. The molecule has 8 nitrogen and oxygen atoms in total. The fourth-order valence-corrected chi connectivity index (χ4v) is 5.06. The SMILES string of the molecule is CC.COc1cc2c(N3CC4(CC(NS(N)(=O)=O)C4)C3)cn(C)c2cc1OC. The first-order valence-corrected chi connectivity index (χ1v) is 11.0. The Balaban J connectivity index is 0.00000109. The van der Waals surface area contributed by atoms with Crippen LogP contribution in [0.3, 0.4) is 0 Å². The molecule has 1 aliphatic heterocycles. The lowest BCUT2D eigenvalue weighted by Gasteiger charge is -2.59. The molecule has 0 radical (unpaired) electrons. The van der Waals surface area contributed by atoms with Crippen molar-refractivity contribution in [3.8, 4) is 11.5 Å². The molecule has 3 N–H and O–H groups in total. The molecule has 2 heterocycles. The van der Waals surface area contributed by atoms with Crippen molar-refractivity contribution in [2.45, 2.75) is 32.7 Å². The molecule has 0 atom stereocenters. The van der Waals surface area contributed by atoms with Gasteiger partial charge in [-0.25, -0.2) is 5.14 Å². The number of hydrogen-bond donors (Lipinski definition) is 2. The number of aromatic nitrogens is 1. The summed E-state index contributed by atoms with van der Waals surface area (Å²) in [5.41, 5.74) is 2.44. The number of aryl methyl sites for hydroxylation is 1. The number of hydrogen-bond acceptors (Lipinski definition) is 5. The number of nitrogens with one attached hydrogen (secondary N) is 1. The van der Waals surface area contributed by atoms with E-state index in [1.807, 2.05) is 33.0 Å². The van der Waals surface area contributed by atoms with E-state index in [1.54, 1.807) is 14.2 Å². The maximum absolute atomic E-state index is 11.1. The van der Waals surface area contributed by atoms with Crippen LogP contribution in [0.2, 0.25) is 0 Å². The third-order valence-corrected chi connectivity index (χ3v) is 6.22. The molecular weight excluding hydrogens is 380 g/mol. The number of nitrogens with two attached hydrogens (primary N) is 1. The number of nitrogens with zero attached hydrogens (tertiary/aromatic N) is 2. The molecule has 2 aromatic rings. The second-order valence-electron chi connectivity index (χ2n) is 7.47. The van der Waals surface area contributed by atoms with E-state index in [-0.39, 0.29) is 11.5 Å². The highest BCUT2D eigenvalue weighted by Crippen LogP contribution is 2.51. The van der Waals surface area contributed by atoms with Gasteiger partial charge in [0.15, 0.2) is 11.5 Å². The second kappa shape index (κ2) is 7.46. The predicted molar refractivity (Wildman–Crippen MR) is 111 cm³/mol. The van der Waals surface area contributed by atoms with Gasteiger partial charge in [-0.1, -0.05) is 13.8 Å². The smallest absolute Gasteiger partial charge is 0.274 e. The van der Waals surface area contributed by atoms with Gasteiger partial charge in [0, 0.05) is 49.2 Å². The van der Waals surface area contributed by atoms with Crippen LogP contribution in [0.5, 0.6) is 11.5 Å². The van der Waals surface area contributed by atoms with Crippen LogP contribution in [0.25, 0.3) is 10.9 Å². The molecule has 0 bridgehead atoms. The summed E-state index contributed by atoms with van der Waals surface area (Å²) in [7, 11) is 1.67. The molecule has 1 saturated carbocycles. The largest absolute Gasteiger partial charge is 0.493 e. The summed E-state index contributed by atoms with van der Waals surface area (Å²) < 4.78 is 37.7. The Morgan fingerprint density at radius 3 is 2.25 bits per heavy atom. The summed E-state index contributed by atoms with van der Waals surface area (Å²) in [6, 6.07) is 3.97. The highest BCUT2D eigenvalue weighted by atomic mass is 32.2. The Bertz CT molecular complexity index is 956. The lowest BCUT2D eigenvalue weighted by atomic mass is 9.61. The average molecular weight is 411 g/mol. The highest BCUT2D eigenvalue weighted by molar-refractivity contribution is 7.87. The van der Waals surface area contributed by atoms with Crippen LogP contribution in [0, 0.1) is 5.41 Å². The number of ether oxygens (including phenoxy) is 2. The van der Waals surface area contributed by atoms with Crippen LogP contribution in [0.1, 0.15) is 26.7 Å². The van der Waals surface area contributed by atoms with Gasteiger partial charge < -0.3 is 18.9 Å². The van der Waals surface area contributed by atoms with Crippen LogP contribution in [-0.4, -0.2) is 46.3 Å². The zero-order valence-corrected chi connectivity index (χ0v) is 18.0. The molecule has 9 heteroatoms. The monoisotopic (exact) mass is 410 g/mol. The Morgan fingerprint density at radius 1 is 1.14 bits per heavy atom. The van der Waals surface area contributed by atoms with Crippen molar-refractivity contribution in [2.75, 3.05) is 32.2 Å². The minimum absolute atomic E-state index is 0.0379. The lowest BCUT2D eigenvalue weighted by Crippen LogP contribution is -2.67. The van der Waals surface area contributed by atoms with Gasteiger partial charge >= 0.3 is 0 Å². The van der Waals surface area contributed by atoms with Crippen LogP contribution >= 0.6 is 0 Å². The van der Waals surface area contributed by atoms with Gasteiger partial charge in [-0.3, -0.25) is 0 Å². The molecule has 1 aliphatic carbocycles. The first kappa shape index (κ1) is 20.8. The molecule has 0 amide bonds. The molecule has 1 aromatic carbocycles. The van der Waals surface area contributed by atoms with Crippen molar-refractivity contribution in [3.63, 3.8) is 0 Å². The van der Waals surface area contributed by atoms with E-state index >= 15 is 0 Å². The number of methoxy groups -OCH3 is 2. The number of rotatable bonds is 5. The first-order chi connectivity index (χ1) is 13.2. The zero-order chi connectivity index (χ0) is 20.7. The molecule has 156 valence electrons. The Hall–Kier alpha value is -1.97. The van der Waals surface area contributed by atoms with Crippen LogP contribution < -0.4 is 24.2 Å².